The summed E-state index contributed by atoms with van der Waals surface area (Å²) in [4.78, 5) is 21.6. The molecule has 4 aromatic rings. The van der Waals surface area contributed by atoms with E-state index in [4.69, 9.17) is 9.97 Å². The first kappa shape index (κ1) is 25.0. The number of aromatic nitrogens is 3. The number of aromatic carboxylic acids is 1. The SMILES string of the molecule is CCCCc1nc2ccc(NCC3CCCCC3)nc2n1Cc1ccc(-c2ccccc2C(=O)O)cc1. The molecule has 0 amide bonds. The zero-order valence-corrected chi connectivity index (χ0v) is 21.6. The molecule has 0 aliphatic heterocycles. The lowest BCUT2D eigenvalue weighted by atomic mass is 9.89. The molecule has 5 rings (SSSR count). The Hall–Kier alpha value is -3.67. The normalized spacial score (nSPS) is 14.2. The van der Waals surface area contributed by atoms with Crippen LogP contribution in [0.4, 0.5) is 5.82 Å². The summed E-state index contributed by atoms with van der Waals surface area (Å²) in [5.41, 5.74) is 4.93. The zero-order chi connectivity index (χ0) is 25.6. The lowest BCUT2D eigenvalue weighted by Gasteiger charge is -2.22. The summed E-state index contributed by atoms with van der Waals surface area (Å²) in [6, 6.07) is 19.4. The number of benzene rings is 2. The number of nitrogens with zero attached hydrogens (tertiary/aromatic N) is 3. The number of rotatable bonds is 10. The number of fused-ring (bicyclic) bond motifs is 1. The van der Waals surface area contributed by atoms with Gasteiger partial charge in [0.05, 0.1) is 12.1 Å². The molecule has 1 saturated carbocycles. The average molecular weight is 497 g/mol. The second kappa shape index (κ2) is 11.6. The summed E-state index contributed by atoms with van der Waals surface area (Å²) in [7, 11) is 0. The van der Waals surface area contributed by atoms with Crippen LogP contribution in [0.15, 0.2) is 60.7 Å². The van der Waals surface area contributed by atoms with Gasteiger partial charge in [0.15, 0.2) is 5.65 Å². The molecule has 1 aliphatic carbocycles. The van der Waals surface area contributed by atoms with Crippen LogP contribution >= 0.6 is 0 Å². The minimum absolute atomic E-state index is 0.315. The molecule has 2 aromatic carbocycles. The maximum Gasteiger partial charge on any atom is 0.336 e. The van der Waals surface area contributed by atoms with Crippen molar-refractivity contribution in [2.24, 2.45) is 5.92 Å². The van der Waals surface area contributed by atoms with E-state index in [-0.39, 0.29) is 0 Å². The first-order chi connectivity index (χ1) is 18.1. The number of imidazole rings is 1. The molecule has 0 unspecified atom stereocenters. The number of anilines is 1. The molecule has 2 N–H and O–H groups in total. The van der Waals surface area contributed by atoms with Gasteiger partial charge in [0.2, 0.25) is 0 Å². The predicted octanol–water partition coefficient (Wildman–Crippen LogP) is 7.18. The van der Waals surface area contributed by atoms with Crippen molar-refractivity contribution in [1.82, 2.24) is 14.5 Å². The summed E-state index contributed by atoms with van der Waals surface area (Å²) < 4.78 is 2.25. The molecule has 192 valence electrons. The van der Waals surface area contributed by atoms with Crippen molar-refractivity contribution < 1.29 is 9.90 Å². The molecule has 0 spiro atoms. The molecule has 0 saturated heterocycles. The lowest BCUT2D eigenvalue weighted by molar-refractivity contribution is 0.0697. The fourth-order valence-corrected chi connectivity index (χ4v) is 5.37. The van der Waals surface area contributed by atoms with Gasteiger partial charge in [-0.25, -0.2) is 14.8 Å². The second-order valence-electron chi connectivity index (χ2n) is 10.2. The van der Waals surface area contributed by atoms with E-state index in [2.05, 4.69) is 41.1 Å². The highest BCUT2D eigenvalue weighted by atomic mass is 16.4. The maximum absolute atomic E-state index is 11.7. The Kier molecular flexibility index (Phi) is 7.83. The van der Waals surface area contributed by atoms with Crippen molar-refractivity contribution in [3.8, 4) is 11.1 Å². The molecule has 0 radical (unpaired) electrons. The van der Waals surface area contributed by atoms with Crippen molar-refractivity contribution in [1.29, 1.82) is 0 Å². The zero-order valence-electron chi connectivity index (χ0n) is 21.6. The van der Waals surface area contributed by atoms with Crippen molar-refractivity contribution in [3.63, 3.8) is 0 Å². The van der Waals surface area contributed by atoms with Crippen LogP contribution in [0.3, 0.4) is 0 Å². The Morgan fingerprint density at radius 1 is 1.00 bits per heavy atom. The Morgan fingerprint density at radius 3 is 2.54 bits per heavy atom. The standard InChI is InChI=1S/C31H36N4O2/c1-2-3-13-29-33-27-18-19-28(32-20-22-9-5-4-6-10-22)34-30(27)35(29)21-23-14-16-24(17-15-23)25-11-7-8-12-26(25)31(36)37/h7-8,11-12,14-19,22H,2-6,9-10,13,20-21H2,1H3,(H,32,34)(H,36,37). The van der Waals surface area contributed by atoms with E-state index >= 15 is 0 Å². The number of pyridine rings is 1. The lowest BCUT2D eigenvalue weighted by Crippen LogP contribution is -2.17. The van der Waals surface area contributed by atoms with Gasteiger partial charge in [-0.1, -0.05) is 75.1 Å². The third-order valence-corrected chi connectivity index (χ3v) is 7.48. The van der Waals surface area contributed by atoms with Crippen LogP contribution in [-0.4, -0.2) is 32.2 Å². The fraction of sp³-hybridized carbons (Fsp3) is 0.387. The van der Waals surface area contributed by atoms with Gasteiger partial charge in [-0.3, -0.25) is 0 Å². The van der Waals surface area contributed by atoms with E-state index in [1.54, 1.807) is 12.1 Å². The van der Waals surface area contributed by atoms with Gasteiger partial charge in [-0.2, -0.15) is 0 Å². The van der Waals surface area contributed by atoms with E-state index < -0.39 is 5.97 Å². The van der Waals surface area contributed by atoms with Crippen LogP contribution in [0.5, 0.6) is 0 Å². The van der Waals surface area contributed by atoms with E-state index in [1.165, 1.54) is 32.1 Å². The number of carbonyl (C=O) groups is 1. The van der Waals surface area contributed by atoms with Crippen molar-refractivity contribution in [2.75, 3.05) is 11.9 Å². The molecule has 0 bridgehead atoms. The third kappa shape index (κ3) is 5.85. The van der Waals surface area contributed by atoms with Crippen LogP contribution in [0.25, 0.3) is 22.3 Å². The van der Waals surface area contributed by atoms with Gasteiger partial charge in [-0.05, 0) is 60.1 Å². The number of unbranched alkanes of at least 4 members (excludes halogenated alkanes) is 1. The summed E-state index contributed by atoms with van der Waals surface area (Å²) in [5.74, 6) is 1.81. The maximum atomic E-state index is 11.7. The van der Waals surface area contributed by atoms with E-state index in [0.717, 1.165) is 71.2 Å². The molecule has 2 heterocycles. The number of hydrogen-bond donors (Lipinski definition) is 2. The molecule has 2 aromatic heterocycles. The van der Waals surface area contributed by atoms with E-state index in [0.29, 0.717) is 12.1 Å². The van der Waals surface area contributed by atoms with Gasteiger partial charge >= 0.3 is 5.97 Å². The number of nitrogens with one attached hydrogen (secondary N) is 1. The molecule has 37 heavy (non-hydrogen) atoms. The number of carboxylic acids is 1. The molecule has 1 fully saturated rings. The Morgan fingerprint density at radius 2 is 1.78 bits per heavy atom. The van der Waals surface area contributed by atoms with Gasteiger partial charge in [0, 0.05) is 13.0 Å². The largest absolute Gasteiger partial charge is 0.478 e. The average Bonchev–Trinajstić information content (AvgIpc) is 3.28. The van der Waals surface area contributed by atoms with E-state index in [1.807, 2.05) is 24.3 Å². The minimum Gasteiger partial charge on any atom is -0.478 e. The summed E-state index contributed by atoms with van der Waals surface area (Å²) >= 11 is 0. The molecule has 6 nitrogen and oxygen atoms in total. The Bertz CT molecular complexity index is 1350. The molecular weight excluding hydrogens is 460 g/mol. The van der Waals surface area contributed by atoms with Crippen LogP contribution < -0.4 is 5.32 Å². The van der Waals surface area contributed by atoms with Gasteiger partial charge in [-0.15, -0.1) is 0 Å². The van der Waals surface area contributed by atoms with Crippen LogP contribution in [-0.2, 0) is 13.0 Å². The van der Waals surface area contributed by atoms with Gasteiger partial charge < -0.3 is 15.0 Å². The summed E-state index contributed by atoms with van der Waals surface area (Å²) in [6.45, 7) is 3.86. The van der Waals surface area contributed by atoms with Gasteiger partial charge in [0.1, 0.15) is 17.2 Å². The van der Waals surface area contributed by atoms with Crippen molar-refractivity contribution in [3.05, 3.63) is 77.6 Å². The van der Waals surface area contributed by atoms with Crippen molar-refractivity contribution in [2.45, 2.75) is 64.8 Å². The second-order valence-corrected chi connectivity index (χ2v) is 10.2. The van der Waals surface area contributed by atoms with Crippen molar-refractivity contribution >= 4 is 23.0 Å². The Balaban J connectivity index is 1.40. The van der Waals surface area contributed by atoms with E-state index in [9.17, 15) is 9.90 Å². The third-order valence-electron chi connectivity index (χ3n) is 7.48. The highest BCUT2D eigenvalue weighted by molar-refractivity contribution is 5.96. The van der Waals surface area contributed by atoms with Gasteiger partial charge in [0.25, 0.3) is 0 Å². The minimum atomic E-state index is -0.913. The smallest absolute Gasteiger partial charge is 0.336 e. The summed E-state index contributed by atoms with van der Waals surface area (Å²) in [6.07, 6.45) is 9.78. The highest BCUT2D eigenvalue weighted by Gasteiger charge is 2.16. The molecule has 0 atom stereocenters. The van der Waals surface area contributed by atoms with Crippen LogP contribution in [0, 0.1) is 5.92 Å². The topological polar surface area (TPSA) is 80.0 Å². The Labute approximate surface area is 218 Å². The number of hydrogen-bond acceptors (Lipinski definition) is 4. The first-order valence-electron chi connectivity index (χ1n) is 13.6. The molecule has 1 aliphatic rings. The quantitative estimate of drug-likeness (QED) is 0.243. The molecule has 6 heteroatoms. The first-order valence-corrected chi connectivity index (χ1v) is 13.6. The van der Waals surface area contributed by atoms with Crippen LogP contribution in [0.2, 0.25) is 0 Å². The van der Waals surface area contributed by atoms with Crippen LogP contribution in [0.1, 0.15) is 73.6 Å². The highest BCUT2D eigenvalue weighted by Crippen LogP contribution is 2.27. The monoisotopic (exact) mass is 496 g/mol. The molecular formula is C31H36N4O2. The predicted molar refractivity (Wildman–Crippen MR) is 149 cm³/mol. The number of carboxylic acid groups (broad SMARTS) is 1. The fourth-order valence-electron chi connectivity index (χ4n) is 5.37. The number of aryl methyl sites for hydroxylation is 1. The summed E-state index contributed by atoms with van der Waals surface area (Å²) in [5, 5.41) is 13.2.